The Balaban J connectivity index is 1.49. The van der Waals surface area contributed by atoms with E-state index in [1.54, 1.807) is 31.4 Å². The molecule has 0 spiro atoms. The topological polar surface area (TPSA) is 77.7 Å². The number of carbonyl (C=O) groups is 1. The molecule has 0 amide bonds. The molecule has 0 radical (unpaired) electrons. The summed E-state index contributed by atoms with van der Waals surface area (Å²) in [5, 5.41) is 4.10. The molecule has 1 aromatic heterocycles. The second-order valence-electron chi connectivity index (χ2n) is 6.95. The van der Waals surface area contributed by atoms with E-state index in [0.29, 0.717) is 23.8 Å². The lowest BCUT2D eigenvalue weighted by molar-refractivity contribution is 0.0600. The van der Waals surface area contributed by atoms with Crippen molar-refractivity contribution in [3.63, 3.8) is 0 Å². The van der Waals surface area contributed by atoms with Gasteiger partial charge in [-0.15, -0.1) is 0 Å². The van der Waals surface area contributed by atoms with Gasteiger partial charge in [-0.05, 0) is 37.6 Å². The van der Waals surface area contributed by atoms with Gasteiger partial charge in [-0.3, -0.25) is 4.90 Å². The maximum Gasteiger partial charge on any atom is 0.337 e. The van der Waals surface area contributed by atoms with Crippen LogP contribution in [-0.2, 0) is 11.3 Å². The second-order valence-corrected chi connectivity index (χ2v) is 6.95. The average Bonchev–Trinajstić information content (AvgIpc) is 3.43. The average molecular weight is 393 g/mol. The van der Waals surface area contributed by atoms with Crippen LogP contribution in [0, 0.1) is 0 Å². The first kappa shape index (κ1) is 19.1. The minimum absolute atomic E-state index is 0.265. The highest BCUT2D eigenvalue weighted by molar-refractivity contribution is 5.89. The normalized spacial score (nSPS) is 16.7. The fourth-order valence-corrected chi connectivity index (χ4v) is 3.79. The molecule has 29 heavy (non-hydrogen) atoms. The quantitative estimate of drug-likeness (QED) is 0.588. The fraction of sp³-hybridized carbons (Fsp3) is 0.318. The standard InChI is InChI=1S/C22H23N3O4/c1-27-19-8-4-3-6-17(19)18-7-5-13-25(18)14-20-23-21(24-29-20)15-9-11-16(12-10-15)22(26)28-2/h3-4,6,8-12,18H,5,7,13-14H2,1-2H3. The summed E-state index contributed by atoms with van der Waals surface area (Å²) in [6, 6.07) is 15.3. The van der Waals surface area contributed by atoms with Crippen LogP contribution in [0.15, 0.2) is 53.1 Å². The van der Waals surface area contributed by atoms with Crippen molar-refractivity contribution in [1.29, 1.82) is 0 Å². The summed E-state index contributed by atoms with van der Waals surface area (Å²) in [5.41, 5.74) is 2.46. The predicted octanol–water partition coefficient (Wildman–Crippen LogP) is 3.87. The second kappa shape index (κ2) is 8.45. The van der Waals surface area contributed by atoms with Gasteiger partial charge in [-0.1, -0.05) is 35.5 Å². The van der Waals surface area contributed by atoms with Crippen molar-refractivity contribution in [2.75, 3.05) is 20.8 Å². The molecule has 0 saturated carbocycles. The van der Waals surface area contributed by atoms with Crippen LogP contribution in [0.4, 0.5) is 0 Å². The molecule has 1 fully saturated rings. The van der Waals surface area contributed by atoms with Crippen molar-refractivity contribution >= 4 is 5.97 Å². The van der Waals surface area contributed by atoms with E-state index in [1.165, 1.54) is 12.7 Å². The summed E-state index contributed by atoms with van der Waals surface area (Å²) in [4.78, 5) is 18.5. The number of benzene rings is 2. The van der Waals surface area contributed by atoms with Gasteiger partial charge in [0.1, 0.15) is 5.75 Å². The molecule has 1 atom stereocenters. The molecule has 0 bridgehead atoms. The van der Waals surface area contributed by atoms with Crippen LogP contribution in [0.1, 0.15) is 40.7 Å². The van der Waals surface area contributed by atoms with Crippen molar-refractivity contribution in [3.8, 4) is 17.1 Å². The molecule has 1 aliphatic heterocycles. The number of hydrogen-bond donors (Lipinski definition) is 0. The zero-order chi connectivity index (χ0) is 20.2. The number of ether oxygens (including phenoxy) is 2. The highest BCUT2D eigenvalue weighted by Crippen LogP contribution is 2.37. The van der Waals surface area contributed by atoms with Gasteiger partial charge in [-0.2, -0.15) is 4.98 Å². The predicted molar refractivity (Wildman–Crippen MR) is 106 cm³/mol. The van der Waals surface area contributed by atoms with Crippen molar-refractivity contribution in [2.45, 2.75) is 25.4 Å². The molecule has 150 valence electrons. The summed E-state index contributed by atoms with van der Waals surface area (Å²) in [7, 11) is 3.06. The highest BCUT2D eigenvalue weighted by Gasteiger charge is 2.29. The number of para-hydroxylation sites is 1. The van der Waals surface area contributed by atoms with Crippen LogP contribution in [-0.4, -0.2) is 41.8 Å². The Hall–Kier alpha value is -3.19. The zero-order valence-corrected chi connectivity index (χ0v) is 16.5. The first-order valence-corrected chi connectivity index (χ1v) is 9.58. The molecule has 1 saturated heterocycles. The van der Waals surface area contributed by atoms with Crippen molar-refractivity contribution in [3.05, 3.63) is 65.5 Å². The molecule has 0 aliphatic carbocycles. The number of carbonyl (C=O) groups excluding carboxylic acids is 1. The van der Waals surface area contributed by atoms with Crippen LogP contribution in [0.2, 0.25) is 0 Å². The summed E-state index contributed by atoms with van der Waals surface area (Å²) < 4.78 is 15.8. The molecule has 7 nitrogen and oxygen atoms in total. The van der Waals surface area contributed by atoms with E-state index in [-0.39, 0.29) is 12.0 Å². The van der Waals surface area contributed by atoms with E-state index in [0.717, 1.165) is 30.7 Å². The molecule has 7 heteroatoms. The molecular formula is C22H23N3O4. The van der Waals surface area contributed by atoms with Gasteiger partial charge in [0.05, 0.1) is 26.3 Å². The third-order valence-electron chi connectivity index (χ3n) is 5.23. The van der Waals surface area contributed by atoms with Crippen LogP contribution in [0.3, 0.4) is 0 Å². The summed E-state index contributed by atoms with van der Waals surface area (Å²) in [6.45, 7) is 1.55. The zero-order valence-electron chi connectivity index (χ0n) is 16.5. The van der Waals surface area contributed by atoms with Gasteiger partial charge >= 0.3 is 5.97 Å². The molecule has 0 N–H and O–H groups in total. The molecule has 2 aromatic carbocycles. The Morgan fingerprint density at radius 3 is 2.72 bits per heavy atom. The SMILES string of the molecule is COC(=O)c1ccc(-c2noc(CN3CCCC3c3ccccc3OC)n2)cc1. The molecular weight excluding hydrogens is 370 g/mol. The van der Waals surface area contributed by atoms with E-state index in [2.05, 4.69) is 21.1 Å². The van der Waals surface area contributed by atoms with Crippen LogP contribution in [0.5, 0.6) is 5.75 Å². The largest absolute Gasteiger partial charge is 0.496 e. The number of hydrogen-bond acceptors (Lipinski definition) is 7. The van der Waals surface area contributed by atoms with Gasteiger partial charge in [0.15, 0.2) is 0 Å². The number of aromatic nitrogens is 2. The number of methoxy groups -OCH3 is 2. The Bertz CT molecular complexity index is 984. The van der Waals surface area contributed by atoms with Crippen LogP contribution >= 0.6 is 0 Å². The molecule has 1 aliphatic rings. The van der Waals surface area contributed by atoms with Gasteiger partial charge in [0.25, 0.3) is 0 Å². The monoisotopic (exact) mass is 393 g/mol. The third kappa shape index (κ3) is 4.00. The van der Waals surface area contributed by atoms with E-state index < -0.39 is 0 Å². The summed E-state index contributed by atoms with van der Waals surface area (Å²) >= 11 is 0. The summed E-state index contributed by atoms with van der Waals surface area (Å²) in [5.74, 6) is 1.60. The van der Waals surface area contributed by atoms with Gasteiger partial charge in [0.2, 0.25) is 11.7 Å². The fourth-order valence-electron chi connectivity index (χ4n) is 3.79. The van der Waals surface area contributed by atoms with Crippen molar-refractivity contribution < 1.29 is 18.8 Å². The lowest BCUT2D eigenvalue weighted by atomic mass is 10.0. The molecule has 4 rings (SSSR count). The molecule has 1 unspecified atom stereocenters. The Labute approximate surface area is 169 Å². The Morgan fingerprint density at radius 2 is 1.97 bits per heavy atom. The van der Waals surface area contributed by atoms with Crippen LogP contribution in [0.25, 0.3) is 11.4 Å². The van der Waals surface area contributed by atoms with Crippen molar-refractivity contribution in [2.24, 2.45) is 0 Å². The lowest BCUT2D eigenvalue weighted by Gasteiger charge is -2.24. The van der Waals surface area contributed by atoms with Crippen LogP contribution < -0.4 is 4.74 Å². The third-order valence-corrected chi connectivity index (χ3v) is 5.23. The number of nitrogens with zero attached hydrogens (tertiary/aromatic N) is 3. The molecule has 2 heterocycles. The first-order chi connectivity index (χ1) is 14.2. The maximum atomic E-state index is 11.6. The number of esters is 1. The minimum Gasteiger partial charge on any atom is -0.496 e. The van der Waals surface area contributed by atoms with E-state index in [1.807, 2.05) is 18.2 Å². The van der Waals surface area contributed by atoms with E-state index in [4.69, 9.17) is 14.0 Å². The summed E-state index contributed by atoms with van der Waals surface area (Å²) in [6.07, 6.45) is 2.18. The van der Waals surface area contributed by atoms with Crippen molar-refractivity contribution in [1.82, 2.24) is 15.0 Å². The Morgan fingerprint density at radius 1 is 1.17 bits per heavy atom. The number of likely N-dealkylation sites (tertiary alicyclic amines) is 1. The Kier molecular flexibility index (Phi) is 5.57. The van der Waals surface area contributed by atoms with Gasteiger partial charge in [0, 0.05) is 17.2 Å². The van der Waals surface area contributed by atoms with E-state index >= 15 is 0 Å². The highest BCUT2D eigenvalue weighted by atomic mass is 16.5. The first-order valence-electron chi connectivity index (χ1n) is 9.58. The smallest absolute Gasteiger partial charge is 0.337 e. The van der Waals surface area contributed by atoms with Gasteiger partial charge in [-0.25, -0.2) is 4.79 Å². The van der Waals surface area contributed by atoms with E-state index in [9.17, 15) is 4.79 Å². The minimum atomic E-state index is -0.373. The molecule has 3 aromatic rings. The number of rotatable bonds is 6. The van der Waals surface area contributed by atoms with Gasteiger partial charge < -0.3 is 14.0 Å². The lowest BCUT2D eigenvalue weighted by Crippen LogP contribution is -2.23. The maximum absolute atomic E-state index is 11.6.